The molecule has 0 saturated heterocycles. The maximum Gasteiger partial charge on any atom is 0.121 e. The first kappa shape index (κ1) is 11.2. The lowest BCUT2D eigenvalue weighted by molar-refractivity contribution is -0.0408. The zero-order valence-electron chi connectivity index (χ0n) is 9.76. The molecule has 0 aromatic carbocycles. The molecule has 0 amide bonds. The Bertz CT molecular complexity index is 159. The molecule has 1 aliphatic rings. The van der Waals surface area contributed by atoms with Crippen molar-refractivity contribution in [1.82, 2.24) is 0 Å². The van der Waals surface area contributed by atoms with Gasteiger partial charge in [0.25, 0.3) is 0 Å². The molecule has 0 aromatic rings. The summed E-state index contributed by atoms with van der Waals surface area (Å²) in [4.78, 5) is 0. The van der Waals surface area contributed by atoms with Crippen LogP contribution >= 0.6 is 0 Å². The van der Waals surface area contributed by atoms with E-state index in [-0.39, 0.29) is 5.30 Å². The second-order valence-electron chi connectivity index (χ2n) is 5.82. The summed E-state index contributed by atoms with van der Waals surface area (Å²) in [5.74, 6) is 1.79. The summed E-state index contributed by atoms with van der Waals surface area (Å²) in [5.41, 5.74) is 0. The molecule has 13 heavy (non-hydrogen) atoms. The third-order valence-electron chi connectivity index (χ3n) is 2.52. The molecule has 1 fully saturated rings. The van der Waals surface area contributed by atoms with Gasteiger partial charge in [-0.25, -0.2) is 0 Å². The molecule has 0 radical (unpaired) electrons. The molecule has 1 nitrogen and oxygen atoms in total. The van der Waals surface area contributed by atoms with Crippen molar-refractivity contribution in [1.29, 1.82) is 0 Å². The maximum absolute atomic E-state index is 5.89. The van der Waals surface area contributed by atoms with Crippen LogP contribution in [0, 0.1) is 11.8 Å². The Hall–Kier alpha value is 0.155. The van der Waals surface area contributed by atoms with E-state index in [4.69, 9.17) is 4.74 Å². The van der Waals surface area contributed by atoms with Crippen molar-refractivity contribution in [2.45, 2.75) is 44.5 Å². The maximum atomic E-state index is 5.89. The van der Waals surface area contributed by atoms with Gasteiger partial charge in [0.2, 0.25) is 0 Å². The van der Waals surface area contributed by atoms with Gasteiger partial charge in [-0.1, -0.05) is 13.8 Å². The van der Waals surface area contributed by atoms with Crippen molar-refractivity contribution < 1.29 is 4.74 Å². The molecule has 72 valence electrons. The third-order valence-corrected chi connectivity index (χ3v) is 2.52. The largest absolute Gasteiger partial charge is 0.397 e. The van der Waals surface area contributed by atoms with Gasteiger partial charge in [0.15, 0.2) is 0 Å². The number of hydrogen-bond donors (Lipinski definition) is 0. The lowest BCUT2D eigenvalue weighted by Crippen LogP contribution is -2.43. The average molecular weight is 178 g/mol. The van der Waals surface area contributed by atoms with Crippen molar-refractivity contribution in [3.63, 3.8) is 0 Å². The van der Waals surface area contributed by atoms with Crippen LogP contribution in [0.15, 0.2) is 0 Å². The highest BCUT2D eigenvalue weighted by Crippen LogP contribution is 2.35. The summed E-state index contributed by atoms with van der Waals surface area (Å²) in [7, 11) is 6.42. The van der Waals surface area contributed by atoms with Crippen LogP contribution in [0.2, 0.25) is 0 Å². The fraction of sp³-hybridized carbons (Fsp3) is 1.00. The molecule has 1 rings (SSSR count). The quantitative estimate of drug-likeness (QED) is 0.519. The van der Waals surface area contributed by atoms with Gasteiger partial charge < -0.3 is 4.74 Å². The Kier molecular flexibility index (Phi) is 3.56. The molecule has 4 heteroatoms. The van der Waals surface area contributed by atoms with Crippen molar-refractivity contribution in [3.8, 4) is 0 Å². The van der Waals surface area contributed by atoms with E-state index in [1.165, 1.54) is 19.3 Å². The zero-order chi connectivity index (χ0) is 10.1. The molecule has 1 aliphatic carbocycles. The van der Waals surface area contributed by atoms with Crippen LogP contribution in [0.4, 0.5) is 0 Å². The van der Waals surface area contributed by atoms with Gasteiger partial charge in [0, 0.05) is 0 Å². The number of rotatable bonds is 4. The van der Waals surface area contributed by atoms with Crippen LogP contribution in [0.1, 0.15) is 33.1 Å². The van der Waals surface area contributed by atoms with Crippen molar-refractivity contribution >= 4 is 23.5 Å². The summed E-state index contributed by atoms with van der Waals surface area (Å²) in [6.07, 6.45) is 4.50. The zero-order valence-corrected chi connectivity index (χ0v) is 9.76. The number of ether oxygens (including phenoxy) is 1. The summed E-state index contributed by atoms with van der Waals surface area (Å²) in [5, 5.41) is 0.0491. The second kappa shape index (κ2) is 4.12. The second-order valence-corrected chi connectivity index (χ2v) is 5.82. The van der Waals surface area contributed by atoms with E-state index in [0.29, 0.717) is 6.10 Å². The van der Waals surface area contributed by atoms with E-state index in [0.717, 1.165) is 11.8 Å². The Morgan fingerprint density at radius 3 is 2.23 bits per heavy atom. The van der Waals surface area contributed by atoms with E-state index in [2.05, 4.69) is 37.4 Å². The van der Waals surface area contributed by atoms with Crippen LogP contribution in [-0.2, 0) is 4.74 Å². The first-order chi connectivity index (χ1) is 5.87. The van der Waals surface area contributed by atoms with Gasteiger partial charge in [-0.15, -0.1) is 0 Å². The molecule has 0 heterocycles. The van der Waals surface area contributed by atoms with E-state index in [1.54, 1.807) is 0 Å². The molecular weight excluding hydrogens is 157 g/mol. The van der Waals surface area contributed by atoms with E-state index < -0.39 is 0 Å². The summed E-state index contributed by atoms with van der Waals surface area (Å²) in [6, 6.07) is 0. The van der Waals surface area contributed by atoms with Crippen molar-refractivity contribution in [2.24, 2.45) is 11.8 Å². The highest BCUT2D eigenvalue weighted by Gasteiger charge is 2.32. The predicted molar refractivity (Wildman–Crippen MR) is 65.4 cm³/mol. The highest BCUT2D eigenvalue weighted by atomic mass is 16.5. The number of hydrogen-bond acceptors (Lipinski definition) is 1. The molecule has 0 bridgehead atoms. The van der Waals surface area contributed by atoms with Gasteiger partial charge in [0.1, 0.15) is 23.5 Å². The minimum absolute atomic E-state index is 0.0491. The van der Waals surface area contributed by atoms with Gasteiger partial charge in [-0.05, 0) is 36.4 Å². The standard InChI is InChI=1S/C9H21B3O/c1-6(2)3-7-4-8(5-7)13-9(10,11)12/h6-8H,3-5,10-12H2,1-2H3. The highest BCUT2D eigenvalue weighted by molar-refractivity contribution is 6.58. The molecule has 0 atom stereocenters. The first-order valence-corrected chi connectivity index (χ1v) is 5.54. The van der Waals surface area contributed by atoms with Crippen LogP contribution in [0.3, 0.4) is 0 Å². The summed E-state index contributed by atoms with van der Waals surface area (Å²) < 4.78 is 5.89. The van der Waals surface area contributed by atoms with Gasteiger partial charge in [-0.2, -0.15) is 0 Å². The molecule has 0 aliphatic heterocycles. The molecule has 0 spiro atoms. The average Bonchev–Trinajstić information content (AvgIpc) is 1.78. The Labute approximate surface area is 85.2 Å². The fourth-order valence-corrected chi connectivity index (χ4v) is 2.13. The smallest absolute Gasteiger partial charge is 0.121 e. The van der Waals surface area contributed by atoms with Crippen LogP contribution in [0.5, 0.6) is 0 Å². The van der Waals surface area contributed by atoms with Crippen LogP contribution in [0.25, 0.3) is 0 Å². The Morgan fingerprint density at radius 1 is 1.31 bits per heavy atom. The van der Waals surface area contributed by atoms with Gasteiger partial charge in [-0.3, -0.25) is 0 Å². The Balaban J connectivity index is 2.12. The minimum Gasteiger partial charge on any atom is -0.397 e. The fourth-order valence-electron chi connectivity index (χ4n) is 2.13. The molecule has 0 unspecified atom stereocenters. The SMILES string of the molecule is BC(B)(B)OC1CC(CC(C)C)C1. The predicted octanol–water partition coefficient (Wildman–Crippen LogP) is -0.662. The molecule has 1 saturated carbocycles. The Morgan fingerprint density at radius 2 is 1.85 bits per heavy atom. The minimum atomic E-state index is 0.0491. The normalized spacial score (nSPS) is 28.8. The van der Waals surface area contributed by atoms with E-state index in [1.807, 2.05) is 0 Å². The summed E-state index contributed by atoms with van der Waals surface area (Å²) in [6.45, 7) is 4.61. The monoisotopic (exact) mass is 178 g/mol. The molecule has 0 aromatic heterocycles. The third kappa shape index (κ3) is 4.26. The lowest BCUT2D eigenvalue weighted by Gasteiger charge is -2.40. The van der Waals surface area contributed by atoms with Crippen LogP contribution in [-0.4, -0.2) is 34.9 Å². The molecular formula is C9H21B3O. The lowest BCUT2D eigenvalue weighted by atomic mass is 9.52. The first-order valence-electron chi connectivity index (χ1n) is 5.54. The van der Waals surface area contributed by atoms with E-state index in [9.17, 15) is 0 Å². The van der Waals surface area contributed by atoms with Gasteiger partial charge in [0.05, 0.1) is 6.10 Å². The van der Waals surface area contributed by atoms with Crippen molar-refractivity contribution in [2.75, 3.05) is 0 Å². The summed E-state index contributed by atoms with van der Waals surface area (Å²) >= 11 is 0. The topological polar surface area (TPSA) is 9.23 Å². The molecule has 0 N–H and O–H groups in total. The van der Waals surface area contributed by atoms with Crippen LogP contribution < -0.4 is 0 Å². The van der Waals surface area contributed by atoms with Gasteiger partial charge >= 0.3 is 0 Å². The van der Waals surface area contributed by atoms with Crippen molar-refractivity contribution in [3.05, 3.63) is 0 Å². The van der Waals surface area contributed by atoms with E-state index >= 15 is 0 Å².